The number of nitrogens with two attached hydrogens (primary N) is 1. The van der Waals surface area contributed by atoms with E-state index < -0.39 is 13.6 Å². The molecule has 32 heavy (non-hydrogen) atoms. The van der Waals surface area contributed by atoms with Gasteiger partial charge in [-0.1, -0.05) is 85.3 Å². The Bertz CT molecular complexity index is 979. The highest BCUT2D eigenvalue weighted by atomic mass is 28.3. The minimum atomic E-state index is -1.49. The van der Waals surface area contributed by atoms with E-state index in [0.717, 1.165) is 30.6 Å². The number of aryl methyl sites for hydroxylation is 1. The van der Waals surface area contributed by atoms with E-state index >= 15 is 0 Å². The Labute approximate surface area is 193 Å². The predicted molar refractivity (Wildman–Crippen MR) is 139 cm³/mol. The average Bonchev–Trinajstić information content (AvgIpc) is 2.82. The van der Waals surface area contributed by atoms with Crippen LogP contribution in [0.15, 0.2) is 66.7 Å². The molecule has 0 heterocycles. The van der Waals surface area contributed by atoms with E-state index in [4.69, 9.17) is 5.73 Å². The second-order valence-corrected chi connectivity index (χ2v) is 14.5. The number of rotatable bonds is 12. The Morgan fingerprint density at radius 3 is 2.28 bits per heavy atom. The number of unbranched alkanes of at least 4 members (excludes halogenated alkanes) is 1. The fraction of sp³-hybridized carbons (Fsp3) is 0.407. The highest BCUT2D eigenvalue weighted by molar-refractivity contribution is 6.91. The lowest BCUT2D eigenvalue weighted by Crippen LogP contribution is -2.47. The molecule has 0 aliphatic rings. The van der Waals surface area contributed by atoms with Crippen LogP contribution in [0.3, 0.4) is 0 Å². The highest BCUT2D eigenvalue weighted by Gasteiger charge is 2.24. The number of anilines is 1. The Kier molecular flexibility index (Phi) is 8.49. The zero-order chi connectivity index (χ0) is 23.0. The molecule has 3 aromatic carbocycles. The quantitative estimate of drug-likeness (QED) is 0.246. The van der Waals surface area contributed by atoms with Crippen LogP contribution in [0.2, 0.25) is 19.1 Å². The molecule has 0 aromatic heterocycles. The maximum Gasteiger partial charge on any atom is 0.0814 e. The van der Waals surface area contributed by atoms with Crippen molar-refractivity contribution in [3.63, 3.8) is 0 Å². The van der Waals surface area contributed by atoms with Crippen molar-refractivity contribution in [1.29, 1.82) is 0 Å². The first kappa shape index (κ1) is 24.5. The van der Waals surface area contributed by atoms with Gasteiger partial charge in [0.25, 0.3) is 0 Å². The molecule has 0 fully saturated rings. The first-order chi connectivity index (χ1) is 15.4. The molecule has 0 radical (unpaired) electrons. The van der Waals surface area contributed by atoms with Crippen molar-refractivity contribution < 1.29 is 10.2 Å². The van der Waals surface area contributed by atoms with Gasteiger partial charge in [-0.05, 0) is 47.7 Å². The minimum Gasteiger partial charge on any atom is -0.394 e. The summed E-state index contributed by atoms with van der Waals surface area (Å²) in [7, 11) is -1.49. The van der Waals surface area contributed by atoms with Crippen molar-refractivity contribution in [1.82, 2.24) is 0 Å². The second kappa shape index (κ2) is 11.1. The van der Waals surface area contributed by atoms with Gasteiger partial charge in [-0.3, -0.25) is 0 Å². The topological polar surface area (TPSA) is 78.5 Å². The van der Waals surface area contributed by atoms with Crippen molar-refractivity contribution >= 4 is 29.7 Å². The van der Waals surface area contributed by atoms with Gasteiger partial charge in [-0.15, -0.1) is 0 Å². The van der Waals surface area contributed by atoms with Crippen LogP contribution in [0.5, 0.6) is 0 Å². The van der Waals surface area contributed by atoms with Crippen LogP contribution in [0.25, 0.3) is 10.8 Å². The van der Waals surface area contributed by atoms with Crippen molar-refractivity contribution in [3.8, 4) is 0 Å². The molecule has 4 nitrogen and oxygen atoms in total. The molecule has 0 saturated carbocycles. The maximum absolute atomic E-state index is 9.32. The number of nitrogens with one attached hydrogen (secondary N) is 1. The van der Waals surface area contributed by atoms with E-state index in [-0.39, 0.29) is 13.2 Å². The van der Waals surface area contributed by atoms with E-state index in [1.54, 1.807) is 5.19 Å². The number of aliphatic hydroxyl groups excluding tert-OH is 2. The molecule has 3 aromatic rings. The van der Waals surface area contributed by atoms with E-state index in [1.165, 1.54) is 23.2 Å². The summed E-state index contributed by atoms with van der Waals surface area (Å²) >= 11 is 0. The fourth-order valence-corrected chi connectivity index (χ4v) is 7.17. The number of fused-ring (bicyclic) bond motifs is 1. The number of aliphatic hydroxyl groups is 2. The Balaban J connectivity index is 1.44. The zero-order valence-corrected chi connectivity index (χ0v) is 20.5. The fourth-order valence-electron chi connectivity index (χ4n) is 4.27. The summed E-state index contributed by atoms with van der Waals surface area (Å²) in [4.78, 5) is 0. The lowest BCUT2D eigenvalue weighted by molar-refractivity contribution is 0.115. The summed E-state index contributed by atoms with van der Waals surface area (Å²) < 4.78 is 0. The molecule has 5 heteroatoms. The molecule has 0 saturated heterocycles. The molecule has 0 spiro atoms. The molecule has 0 unspecified atom stereocenters. The van der Waals surface area contributed by atoms with Gasteiger partial charge in [0.05, 0.1) is 26.8 Å². The lowest BCUT2D eigenvalue weighted by atomic mass is 9.94. The minimum absolute atomic E-state index is 0.205. The molecule has 172 valence electrons. The lowest BCUT2D eigenvalue weighted by Gasteiger charge is -2.25. The van der Waals surface area contributed by atoms with Crippen LogP contribution >= 0.6 is 0 Å². The number of hydrogen-bond acceptors (Lipinski definition) is 4. The number of hydrogen-bond donors (Lipinski definition) is 4. The summed E-state index contributed by atoms with van der Waals surface area (Å²) in [5.74, 6) is 0. The van der Waals surface area contributed by atoms with Crippen LogP contribution < -0.4 is 16.2 Å². The van der Waals surface area contributed by atoms with Gasteiger partial charge in [-0.25, -0.2) is 0 Å². The van der Waals surface area contributed by atoms with Gasteiger partial charge in [0.15, 0.2) is 0 Å². The van der Waals surface area contributed by atoms with Gasteiger partial charge in [0.2, 0.25) is 0 Å². The number of benzene rings is 3. The molecule has 0 aliphatic carbocycles. The third-order valence-electron chi connectivity index (χ3n) is 6.57. The summed E-state index contributed by atoms with van der Waals surface area (Å²) in [6, 6.07) is 25.2. The smallest absolute Gasteiger partial charge is 0.0814 e. The van der Waals surface area contributed by atoms with Crippen molar-refractivity contribution in [3.05, 3.63) is 72.3 Å². The van der Waals surface area contributed by atoms with E-state index in [2.05, 4.69) is 85.1 Å². The van der Waals surface area contributed by atoms with E-state index in [9.17, 15) is 10.2 Å². The maximum atomic E-state index is 9.32. The third-order valence-corrected chi connectivity index (χ3v) is 10.1. The summed E-state index contributed by atoms with van der Waals surface area (Å²) in [5.41, 5.74) is 7.34. The highest BCUT2D eigenvalue weighted by Crippen LogP contribution is 2.21. The SMILES string of the molecule is C[Si](C)(CCCCNc1ccc(CCC(N)(CO)CO)cc1)c1cccc2ccccc12. The molecule has 0 aliphatic heterocycles. The van der Waals surface area contributed by atoms with Gasteiger partial charge in [0.1, 0.15) is 0 Å². The first-order valence-electron chi connectivity index (χ1n) is 11.7. The van der Waals surface area contributed by atoms with E-state index in [1.807, 2.05) is 0 Å². The standard InChI is InChI=1S/C27H38N2O2Si/c1-32(2,26-11-7-9-23-8-3-4-10-25(23)26)19-6-5-18-29-24-14-12-22(13-15-24)16-17-27(28,20-30)21-31/h3-4,7-15,29-31H,5-6,16-21,28H2,1-2H3. The zero-order valence-electron chi connectivity index (χ0n) is 19.5. The Hall–Kier alpha value is -2.18. The first-order valence-corrected chi connectivity index (χ1v) is 14.9. The summed E-state index contributed by atoms with van der Waals surface area (Å²) in [5, 5.41) is 26.5. The Morgan fingerprint density at radius 1 is 0.875 bits per heavy atom. The second-order valence-electron chi connectivity index (χ2n) is 9.67. The van der Waals surface area contributed by atoms with Crippen LogP contribution in [-0.4, -0.2) is 43.6 Å². The molecular formula is C27H38N2O2Si. The monoisotopic (exact) mass is 450 g/mol. The Morgan fingerprint density at radius 2 is 1.56 bits per heavy atom. The largest absolute Gasteiger partial charge is 0.394 e. The summed E-state index contributed by atoms with van der Waals surface area (Å²) in [6.45, 7) is 5.54. The molecule has 0 amide bonds. The van der Waals surface area contributed by atoms with Gasteiger partial charge >= 0.3 is 0 Å². The van der Waals surface area contributed by atoms with Gasteiger partial charge in [0, 0.05) is 12.2 Å². The predicted octanol–water partition coefficient (Wildman–Crippen LogP) is 4.26. The van der Waals surface area contributed by atoms with Crippen LogP contribution in [0.1, 0.15) is 24.8 Å². The molecule has 0 bridgehead atoms. The van der Waals surface area contributed by atoms with Crippen molar-refractivity contribution in [2.24, 2.45) is 5.73 Å². The summed E-state index contributed by atoms with van der Waals surface area (Å²) in [6.07, 6.45) is 3.69. The normalized spacial score (nSPS) is 12.3. The van der Waals surface area contributed by atoms with Crippen molar-refractivity contribution in [2.75, 3.05) is 25.1 Å². The molecule has 0 atom stereocenters. The third kappa shape index (κ3) is 6.42. The molecular weight excluding hydrogens is 412 g/mol. The van der Waals surface area contributed by atoms with Crippen LogP contribution in [0.4, 0.5) is 5.69 Å². The van der Waals surface area contributed by atoms with Crippen molar-refractivity contribution in [2.45, 2.75) is 50.4 Å². The van der Waals surface area contributed by atoms with Crippen LogP contribution in [-0.2, 0) is 6.42 Å². The van der Waals surface area contributed by atoms with Crippen LogP contribution in [0, 0.1) is 0 Å². The molecule has 3 rings (SSSR count). The van der Waals surface area contributed by atoms with Gasteiger partial charge < -0.3 is 21.3 Å². The van der Waals surface area contributed by atoms with Gasteiger partial charge in [-0.2, -0.15) is 0 Å². The van der Waals surface area contributed by atoms with E-state index in [0.29, 0.717) is 6.42 Å². The average molecular weight is 451 g/mol. The molecule has 5 N–H and O–H groups in total.